The maximum absolute atomic E-state index is 11.9. The summed E-state index contributed by atoms with van der Waals surface area (Å²) in [6.07, 6.45) is 4.34. The van der Waals surface area contributed by atoms with Crippen LogP contribution in [-0.2, 0) is 4.79 Å². The Morgan fingerprint density at radius 3 is 2.89 bits per heavy atom. The van der Waals surface area contributed by atoms with Gasteiger partial charge >= 0.3 is 5.97 Å². The van der Waals surface area contributed by atoms with Crippen LogP contribution in [0, 0.1) is 5.92 Å². The Balaban J connectivity index is 2.18. The van der Waals surface area contributed by atoms with Crippen molar-refractivity contribution >= 4 is 17.4 Å². The van der Waals surface area contributed by atoms with E-state index in [0.29, 0.717) is 5.69 Å². The SMILES string of the molecule is C[C@@H]1CCC/C(=C\Nc2ccccc2C(=O)O)C1=O. The first-order valence-electron chi connectivity index (χ1n) is 6.41. The molecule has 1 fully saturated rings. The number of hydrogen-bond donors (Lipinski definition) is 2. The highest BCUT2D eigenvalue weighted by atomic mass is 16.4. The Labute approximate surface area is 112 Å². The van der Waals surface area contributed by atoms with Crippen molar-refractivity contribution in [2.75, 3.05) is 5.32 Å². The molecular formula is C15H17NO3. The number of carboxylic acid groups (broad SMARTS) is 1. The fourth-order valence-corrected chi connectivity index (χ4v) is 2.27. The predicted octanol–water partition coefficient (Wildman–Crippen LogP) is 3.07. The Hall–Kier alpha value is -2.10. The van der Waals surface area contributed by atoms with Gasteiger partial charge in [0.15, 0.2) is 5.78 Å². The minimum Gasteiger partial charge on any atom is -0.478 e. The van der Waals surface area contributed by atoms with Crippen molar-refractivity contribution in [3.05, 3.63) is 41.6 Å². The van der Waals surface area contributed by atoms with Crippen LogP contribution >= 0.6 is 0 Å². The van der Waals surface area contributed by atoms with Crippen molar-refractivity contribution in [3.8, 4) is 0 Å². The number of carbonyl (C=O) groups excluding carboxylic acids is 1. The largest absolute Gasteiger partial charge is 0.478 e. The molecule has 0 amide bonds. The number of rotatable bonds is 3. The summed E-state index contributed by atoms with van der Waals surface area (Å²) in [6.45, 7) is 1.93. The maximum atomic E-state index is 11.9. The van der Waals surface area contributed by atoms with Crippen LogP contribution in [0.3, 0.4) is 0 Å². The van der Waals surface area contributed by atoms with Gasteiger partial charge in [0, 0.05) is 17.7 Å². The lowest BCUT2D eigenvalue weighted by molar-refractivity contribution is -0.119. The number of nitrogens with one attached hydrogen (secondary N) is 1. The smallest absolute Gasteiger partial charge is 0.337 e. The van der Waals surface area contributed by atoms with Crippen molar-refractivity contribution in [2.45, 2.75) is 26.2 Å². The molecule has 0 unspecified atom stereocenters. The lowest BCUT2D eigenvalue weighted by Crippen LogP contribution is -2.19. The van der Waals surface area contributed by atoms with Gasteiger partial charge in [-0.25, -0.2) is 4.79 Å². The summed E-state index contributed by atoms with van der Waals surface area (Å²) in [7, 11) is 0. The first-order valence-corrected chi connectivity index (χ1v) is 6.41. The molecule has 1 saturated carbocycles. The normalized spacial score (nSPS) is 21.4. The van der Waals surface area contributed by atoms with Gasteiger partial charge in [-0.2, -0.15) is 0 Å². The van der Waals surface area contributed by atoms with Gasteiger partial charge < -0.3 is 10.4 Å². The second-order valence-electron chi connectivity index (χ2n) is 4.82. The number of benzene rings is 1. The molecule has 0 spiro atoms. The summed E-state index contributed by atoms with van der Waals surface area (Å²) in [6, 6.07) is 6.67. The highest BCUT2D eigenvalue weighted by molar-refractivity contribution is 5.98. The number of ketones is 1. The number of hydrogen-bond acceptors (Lipinski definition) is 3. The third kappa shape index (κ3) is 3.02. The number of carbonyl (C=O) groups is 2. The van der Waals surface area contributed by atoms with E-state index >= 15 is 0 Å². The van der Waals surface area contributed by atoms with Crippen LogP contribution in [0.2, 0.25) is 0 Å². The number of Topliss-reactive ketones (excluding diaryl/α,β-unsaturated/α-hetero) is 1. The average molecular weight is 259 g/mol. The molecule has 0 saturated heterocycles. The minimum atomic E-state index is -0.982. The van der Waals surface area contributed by atoms with E-state index in [1.807, 2.05) is 6.92 Å². The molecule has 1 aromatic carbocycles. The third-order valence-electron chi connectivity index (χ3n) is 3.41. The molecule has 2 N–H and O–H groups in total. The average Bonchev–Trinajstić information content (AvgIpc) is 2.40. The highest BCUT2D eigenvalue weighted by Gasteiger charge is 2.22. The summed E-state index contributed by atoms with van der Waals surface area (Å²) in [5.41, 5.74) is 1.46. The zero-order chi connectivity index (χ0) is 13.8. The number of allylic oxidation sites excluding steroid dienone is 1. The molecule has 1 atom stereocenters. The van der Waals surface area contributed by atoms with E-state index in [4.69, 9.17) is 5.11 Å². The van der Waals surface area contributed by atoms with Crippen molar-refractivity contribution in [1.29, 1.82) is 0 Å². The number of para-hydroxylation sites is 1. The van der Waals surface area contributed by atoms with E-state index in [0.717, 1.165) is 24.8 Å². The number of aromatic carboxylic acids is 1. The molecule has 0 aliphatic heterocycles. The van der Waals surface area contributed by atoms with E-state index in [9.17, 15) is 9.59 Å². The third-order valence-corrected chi connectivity index (χ3v) is 3.41. The fraction of sp³-hybridized carbons (Fsp3) is 0.333. The summed E-state index contributed by atoms with van der Waals surface area (Å²) in [5, 5.41) is 12.0. The summed E-state index contributed by atoms with van der Waals surface area (Å²) in [4.78, 5) is 23.0. The molecule has 0 aromatic heterocycles. The van der Waals surface area contributed by atoms with Crippen LogP contribution in [0.15, 0.2) is 36.0 Å². The second kappa shape index (κ2) is 5.69. The van der Waals surface area contributed by atoms with Crippen molar-refractivity contribution in [1.82, 2.24) is 0 Å². The van der Waals surface area contributed by atoms with Crippen LogP contribution in [0.25, 0.3) is 0 Å². The Morgan fingerprint density at radius 1 is 1.42 bits per heavy atom. The van der Waals surface area contributed by atoms with E-state index in [1.165, 1.54) is 6.07 Å². The molecule has 100 valence electrons. The van der Waals surface area contributed by atoms with Gasteiger partial charge in [-0.3, -0.25) is 4.79 Å². The molecular weight excluding hydrogens is 242 g/mol. The quantitative estimate of drug-likeness (QED) is 0.819. The second-order valence-corrected chi connectivity index (χ2v) is 4.82. The number of carboxylic acids is 1. The topological polar surface area (TPSA) is 66.4 Å². The van der Waals surface area contributed by atoms with Crippen LogP contribution in [-0.4, -0.2) is 16.9 Å². The number of anilines is 1. The Morgan fingerprint density at radius 2 is 2.16 bits per heavy atom. The van der Waals surface area contributed by atoms with Crippen molar-refractivity contribution in [3.63, 3.8) is 0 Å². The van der Waals surface area contributed by atoms with Crippen molar-refractivity contribution in [2.24, 2.45) is 5.92 Å². The molecule has 4 nitrogen and oxygen atoms in total. The Bertz CT molecular complexity index is 534. The molecule has 0 radical (unpaired) electrons. The minimum absolute atomic E-state index is 0.0662. The van der Waals surface area contributed by atoms with E-state index in [-0.39, 0.29) is 17.3 Å². The monoisotopic (exact) mass is 259 g/mol. The highest BCUT2D eigenvalue weighted by Crippen LogP contribution is 2.25. The zero-order valence-corrected chi connectivity index (χ0v) is 10.8. The molecule has 0 bridgehead atoms. The van der Waals surface area contributed by atoms with Crippen LogP contribution in [0.5, 0.6) is 0 Å². The van der Waals surface area contributed by atoms with Gasteiger partial charge in [-0.15, -0.1) is 0 Å². The van der Waals surface area contributed by atoms with E-state index in [1.54, 1.807) is 24.4 Å². The van der Waals surface area contributed by atoms with Crippen LogP contribution in [0.1, 0.15) is 36.5 Å². The first-order chi connectivity index (χ1) is 9.09. The van der Waals surface area contributed by atoms with Crippen molar-refractivity contribution < 1.29 is 14.7 Å². The molecule has 2 rings (SSSR count). The zero-order valence-electron chi connectivity index (χ0n) is 10.8. The molecule has 1 aromatic rings. The van der Waals surface area contributed by atoms with Gasteiger partial charge in [0.25, 0.3) is 0 Å². The summed E-state index contributed by atoms with van der Waals surface area (Å²) >= 11 is 0. The van der Waals surface area contributed by atoms with E-state index < -0.39 is 5.97 Å². The van der Waals surface area contributed by atoms with Gasteiger partial charge in [0.05, 0.1) is 11.3 Å². The lowest BCUT2D eigenvalue weighted by Gasteiger charge is -2.19. The summed E-state index contributed by atoms with van der Waals surface area (Å²) in [5.74, 6) is -0.757. The van der Waals surface area contributed by atoms with E-state index in [2.05, 4.69) is 5.32 Å². The molecule has 4 heteroatoms. The molecule has 19 heavy (non-hydrogen) atoms. The van der Waals surface area contributed by atoms with Gasteiger partial charge in [0.1, 0.15) is 0 Å². The fourth-order valence-electron chi connectivity index (χ4n) is 2.27. The molecule has 0 heterocycles. The lowest BCUT2D eigenvalue weighted by atomic mass is 9.86. The van der Waals surface area contributed by atoms with Crippen LogP contribution in [0.4, 0.5) is 5.69 Å². The van der Waals surface area contributed by atoms with Crippen LogP contribution < -0.4 is 5.32 Å². The van der Waals surface area contributed by atoms with Gasteiger partial charge in [-0.05, 0) is 31.4 Å². The predicted molar refractivity (Wildman–Crippen MR) is 73.1 cm³/mol. The standard InChI is InChI=1S/C15H17NO3/c1-10-5-4-6-11(14(10)17)9-16-13-8-3-2-7-12(13)15(18)19/h2-3,7-10,16H,4-6H2,1H3,(H,18,19)/b11-9+/t10-/m1/s1. The maximum Gasteiger partial charge on any atom is 0.337 e. The first kappa shape index (κ1) is 13.3. The van der Waals surface area contributed by atoms with Gasteiger partial charge in [-0.1, -0.05) is 19.1 Å². The Kier molecular flexibility index (Phi) is 4.00. The van der Waals surface area contributed by atoms with Gasteiger partial charge in [0.2, 0.25) is 0 Å². The summed E-state index contributed by atoms with van der Waals surface area (Å²) < 4.78 is 0. The molecule has 1 aliphatic rings. The molecule has 1 aliphatic carbocycles.